The van der Waals surface area contributed by atoms with Crippen molar-refractivity contribution in [2.24, 2.45) is 5.11 Å². The summed E-state index contributed by atoms with van der Waals surface area (Å²) in [6, 6.07) is 5.42. The highest BCUT2D eigenvalue weighted by Crippen LogP contribution is 2.19. The second-order valence-corrected chi connectivity index (χ2v) is 3.92. The van der Waals surface area contributed by atoms with E-state index in [1.807, 2.05) is 6.07 Å². The van der Waals surface area contributed by atoms with Crippen molar-refractivity contribution in [1.29, 1.82) is 0 Å². The molecule has 0 aliphatic heterocycles. The van der Waals surface area contributed by atoms with E-state index in [1.54, 1.807) is 12.1 Å². The third-order valence-electron chi connectivity index (χ3n) is 1.55. The molecule has 1 aromatic rings. The molecule has 3 nitrogen and oxygen atoms in total. The molecule has 0 aromatic heterocycles. The summed E-state index contributed by atoms with van der Waals surface area (Å²) in [5, 5.41) is 4.03. The summed E-state index contributed by atoms with van der Waals surface area (Å²) in [5.74, 6) is 5.85. The average molecular weight is 285 g/mol. The molecule has 0 heterocycles. The summed E-state index contributed by atoms with van der Waals surface area (Å²) in [6.45, 7) is 0.391. The zero-order valence-electron chi connectivity index (χ0n) is 7.74. The summed E-state index contributed by atoms with van der Waals surface area (Å²) in [7, 11) is 0. The average Bonchev–Trinajstić information content (AvgIpc) is 2.23. The van der Waals surface area contributed by atoms with Crippen LogP contribution in [0.2, 0.25) is 5.02 Å². The van der Waals surface area contributed by atoms with Gasteiger partial charge in [-0.25, -0.2) is 0 Å². The molecular weight excluding hydrogens is 277 g/mol. The van der Waals surface area contributed by atoms with E-state index in [0.717, 1.165) is 10.0 Å². The molecule has 0 saturated carbocycles. The number of rotatable bonds is 2. The fourth-order valence-electron chi connectivity index (χ4n) is 0.902. The monoisotopic (exact) mass is 283 g/mol. The summed E-state index contributed by atoms with van der Waals surface area (Å²) in [5.41, 5.74) is 8.88. The van der Waals surface area contributed by atoms with E-state index in [-0.39, 0.29) is 0 Å². The van der Waals surface area contributed by atoms with Crippen molar-refractivity contribution in [2.45, 2.75) is 6.42 Å². The van der Waals surface area contributed by atoms with Gasteiger partial charge in [-0.3, -0.25) is 0 Å². The number of nitrogens with zero attached hydrogens (tertiary/aromatic N) is 3. The Morgan fingerprint density at radius 2 is 2.33 bits per heavy atom. The first-order valence-corrected chi connectivity index (χ1v) is 5.36. The number of benzene rings is 1. The molecule has 76 valence electrons. The number of halogens is 2. The van der Waals surface area contributed by atoms with Gasteiger partial charge in [0, 0.05) is 32.9 Å². The molecule has 0 amide bonds. The molecule has 15 heavy (non-hydrogen) atoms. The Labute approximate surface area is 101 Å². The molecule has 0 atom stereocenters. The lowest BCUT2D eigenvalue weighted by molar-refractivity contribution is 1.01. The molecule has 0 unspecified atom stereocenters. The van der Waals surface area contributed by atoms with Gasteiger partial charge in [-0.15, -0.1) is 0 Å². The van der Waals surface area contributed by atoms with Gasteiger partial charge in [0.2, 0.25) is 0 Å². The first-order chi connectivity index (χ1) is 7.24. The van der Waals surface area contributed by atoms with Crippen molar-refractivity contribution in [1.82, 2.24) is 0 Å². The Bertz CT molecular complexity index is 455. The second-order valence-electron chi connectivity index (χ2n) is 2.63. The minimum atomic E-state index is 0.391. The zero-order valence-corrected chi connectivity index (χ0v) is 10.1. The van der Waals surface area contributed by atoms with Gasteiger partial charge in [-0.2, -0.15) is 0 Å². The second kappa shape index (κ2) is 6.36. The standard InChI is InChI=1S/C10H7BrClN3/c11-10-5-4-9(12)7-8(10)3-1-2-6-14-15-13/h4-5,7H,2,6H2. The van der Waals surface area contributed by atoms with Crippen LogP contribution in [0.3, 0.4) is 0 Å². The van der Waals surface area contributed by atoms with E-state index < -0.39 is 0 Å². The molecule has 1 aromatic carbocycles. The normalized spacial score (nSPS) is 8.67. The molecule has 0 N–H and O–H groups in total. The lowest BCUT2D eigenvalue weighted by atomic mass is 10.2. The maximum atomic E-state index is 8.05. The van der Waals surface area contributed by atoms with E-state index in [1.165, 1.54) is 0 Å². The molecule has 0 aliphatic carbocycles. The van der Waals surface area contributed by atoms with Crippen LogP contribution in [-0.4, -0.2) is 6.54 Å². The van der Waals surface area contributed by atoms with Crippen LogP contribution < -0.4 is 0 Å². The van der Waals surface area contributed by atoms with Crippen molar-refractivity contribution in [2.75, 3.05) is 6.54 Å². The van der Waals surface area contributed by atoms with Crippen LogP contribution in [0, 0.1) is 11.8 Å². The molecule has 0 aliphatic rings. The first-order valence-electron chi connectivity index (χ1n) is 4.19. The van der Waals surface area contributed by atoms with Crippen molar-refractivity contribution in [3.63, 3.8) is 0 Å². The smallest absolute Gasteiger partial charge is 0.0419 e. The van der Waals surface area contributed by atoms with Crippen LogP contribution in [0.5, 0.6) is 0 Å². The lowest BCUT2D eigenvalue weighted by Gasteiger charge is -1.95. The zero-order chi connectivity index (χ0) is 11.1. The summed E-state index contributed by atoms with van der Waals surface area (Å²) < 4.78 is 0.906. The predicted octanol–water partition coefficient (Wildman–Crippen LogP) is 4.15. The number of azide groups is 1. The Balaban J connectivity index is 2.70. The molecule has 0 spiro atoms. The van der Waals surface area contributed by atoms with Gasteiger partial charge in [0.1, 0.15) is 0 Å². The highest BCUT2D eigenvalue weighted by molar-refractivity contribution is 9.10. The van der Waals surface area contributed by atoms with Crippen molar-refractivity contribution < 1.29 is 0 Å². The Morgan fingerprint density at radius 3 is 3.07 bits per heavy atom. The van der Waals surface area contributed by atoms with Crippen LogP contribution in [0.15, 0.2) is 27.8 Å². The Kier molecular flexibility index (Phi) is 5.06. The summed E-state index contributed by atoms with van der Waals surface area (Å²) in [4.78, 5) is 2.64. The first kappa shape index (κ1) is 11.9. The van der Waals surface area contributed by atoms with Gasteiger partial charge in [0.15, 0.2) is 0 Å². The molecule has 1 rings (SSSR count). The van der Waals surface area contributed by atoms with E-state index in [4.69, 9.17) is 17.1 Å². The highest BCUT2D eigenvalue weighted by atomic mass is 79.9. The lowest BCUT2D eigenvalue weighted by Crippen LogP contribution is -1.78. The van der Waals surface area contributed by atoms with Gasteiger partial charge in [0.25, 0.3) is 0 Å². The van der Waals surface area contributed by atoms with E-state index >= 15 is 0 Å². The molecule has 0 saturated heterocycles. The minimum absolute atomic E-state index is 0.391. The number of hydrogen-bond donors (Lipinski definition) is 0. The molecule has 0 bridgehead atoms. The van der Waals surface area contributed by atoms with Crippen molar-refractivity contribution in [3.8, 4) is 11.8 Å². The van der Waals surface area contributed by atoms with Gasteiger partial charge in [-0.1, -0.05) is 28.6 Å². The van der Waals surface area contributed by atoms with Gasteiger partial charge in [-0.05, 0) is 39.7 Å². The largest absolute Gasteiger partial charge is 0.0977 e. The molecule has 5 heteroatoms. The van der Waals surface area contributed by atoms with E-state index in [9.17, 15) is 0 Å². The predicted molar refractivity (Wildman–Crippen MR) is 64.7 cm³/mol. The van der Waals surface area contributed by atoms with Crippen LogP contribution in [-0.2, 0) is 0 Å². The fraction of sp³-hybridized carbons (Fsp3) is 0.200. The topological polar surface area (TPSA) is 48.8 Å². The van der Waals surface area contributed by atoms with Crippen LogP contribution in [0.25, 0.3) is 10.4 Å². The van der Waals surface area contributed by atoms with E-state index in [0.29, 0.717) is 18.0 Å². The van der Waals surface area contributed by atoms with Gasteiger partial charge in [0.05, 0.1) is 0 Å². The fourth-order valence-corrected chi connectivity index (χ4v) is 1.42. The maximum absolute atomic E-state index is 8.05. The molecule has 0 fully saturated rings. The minimum Gasteiger partial charge on any atom is -0.0977 e. The summed E-state index contributed by atoms with van der Waals surface area (Å²) in [6.07, 6.45) is 0.545. The SMILES string of the molecule is [N-]=[N+]=NCCC#Cc1cc(Cl)ccc1Br. The quantitative estimate of drug-likeness (QED) is 0.257. The van der Waals surface area contributed by atoms with Crippen LogP contribution in [0.4, 0.5) is 0 Å². The van der Waals surface area contributed by atoms with Crippen molar-refractivity contribution in [3.05, 3.63) is 43.7 Å². The van der Waals surface area contributed by atoms with Crippen molar-refractivity contribution >= 4 is 27.5 Å². The third kappa shape index (κ3) is 4.26. The van der Waals surface area contributed by atoms with Gasteiger partial charge >= 0.3 is 0 Å². The summed E-state index contributed by atoms with van der Waals surface area (Å²) >= 11 is 9.19. The molecular formula is C10H7BrClN3. The molecule has 0 radical (unpaired) electrons. The van der Waals surface area contributed by atoms with Gasteiger partial charge < -0.3 is 0 Å². The Hall–Kier alpha value is -1.14. The van der Waals surface area contributed by atoms with Crippen LogP contribution in [0.1, 0.15) is 12.0 Å². The Morgan fingerprint density at radius 1 is 1.53 bits per heavy atom. The number of hydrogen-bond acceptors (Lipinski definition) is 1. The van der Waals surface area contributed by atoms with E-state index in [2.05, 4.69) is 37.8 Å². The third-order valence-corrected chi connectivity index (χ3v) is 2.48. The maximum Gasteiger partial charge on any atom is 0.0419 e. The highest BCUT2D eigenvalue weighted by Gasteiger charge is 1.96. The van der Waals surface area contributed by atoms with Crippen LogP contribution >= 0.6 is 27.5 Å².